The van der Waals surface area contributed by atoms with Gasteiger partial charge in [-0.15, -0.1) is 0 Å². The molecular formula is C23H20FNO. The quantitative estimate of drug-likeness (QED) is 0.492. The van der Waals surface area contributed by atoms with Crippen LogP contribution in [0.3, 0.4) is 0 Å². The predicted molar refractivity (Wildman–Crippen MR) is 103 cm³/mol. The average Bonchev–Trinajstić information content (AvgIpc) is 3.01. The van der Waals surface area contributed by atoms with E-state index in [1.165, 1.54) is 23.3 Å². The lowest BCUT2D eigenvalue weighted by atomic mass is 10.0. The lowest BCUT2D eigenvalue weighted by molar-refractivity contribution is 0.515. The summed E-state index contributed by atoms with van der Waals surface area (Å²) in [7, 11) is 0. The van der Waals surface area contributed by atoms with Gasteiger partial charge in [0.25, 0.3) is 0 Å². The molecule has 4 rings (SSSR count). The molecule has 0 amide bonds. The van der Waals surface area contributed by atoms with Crippen LogP contribution in [-0.2, 0) is 13.1 Å². The van der Waals surface area contributed by atoms with Gasteiger partial charge in [0.15, 0.2) is 0 Å². The Labute approximate surface area is 152 Å². The Hall–Kier alpha value is -2.91. The van der Waals surface area contributed by atoms with Gasteiger partial charge >= 0.3 is 0 Å². The van der Waals surface area contributed by atoms with Crippen molar-refractivity contribution < 1.29 is 8.81 Å². The van der Waals surface area contributed by atoms with E-state index in [2.05, 4.69) is 30.4 Å². The van der Waals surface area contributed by atoms with Crippen molar-refractivity contribution in [2.24, 2.45) is 0 Å². The molecule has 0 atom stereocenters. The van der Waals surface area contributed by atoms with Gasteiger partial charge in [0.2, 0.25) is 0 Å². The average molecular weight is 345 g/mol. The minimum absolute atomic E-state index is 0.235. The van der Waals surface area contributed by atoms with Crippen LogP contribution in [0.15, 0.2) is 77.2 Å². The van der Waals surface area contributed by atoms with Gasteiger partial charge in [-0.25, -0.2) is 4.39 Å². The summed E-state index contributed by atoms with van der Waals surface area (Å²) in [4.78, 5) is 0. The van der Waals surface area contributed by atoms with Gasteiger partial charge < -0.3 is 9.73 Å². The summed E-state index contributed by atoms with van der Waals surface area (Å²) in [6, 6.07) is 23.0. The first-order valence-corrected chi connectivity index (χ1v) is 8.73. The molecule has 3 heteroatoms. The fraction of sp³-hybridized carbons (Fsp3) is 0.130. The number of fused-ring (bicyclic) bond motifs is 1. The molecule has 0 saturated heterocycles. The van der Waals surface area contributed by atoms with E-state index in [1.807, 2.05) is 42.5 Å². The third-order valence-electron chi connectivity index (χ3n) is 4.51. The van der Waals surface area contributed by atoms with Gasteiger partial charge in [0, 0.05) is 17.5 Å². The highest BCUT2D eigenvalue weighted by Crippen LogP contribution is 2.35. The number of furan rings is 1. The first-order valence-electron chi connectivity index (χ1n) is 8.73. The maximum atomic E-state index is 13.4. The Morgan fingerprint density at radius 1 is 0.885 bits per heavy atom. The summed E-state index contributed by atoms with van der Waals surface area (Å²) in [5.74, 6) is 0.634. The molecule has 130 valence electrons. The number of hydrogen-bond donors (Lipinski definition) is 1. The molecule has 1 N–H and O–H groups in total. The Bertz CT molecular complexity index is 1020. The number of halogens is 1. The lowest BCUT2D eigenvalue weighted by Gasteiger charge is -2.06. The molecule has 0 bridgehead atoms. The van der Waals surface area contributed by atoms with Crippen molar-refractivity contribution in [2.45, 2.75) is 20.0 Å². The summed E-state index contributed by atoms with van der Waals surface area (Å²) in [5.41, 5.74) is 5.25. The van der Waals surface area contributed by atoms with Gasteiger partial charge in [0.05, 0.1) is 6.54 Å². The van der Waals surface area contributed by atoms with E-state index in [0.717, 1.165) is 34.4 Å². The minimum Gasteiger partial charge on any atom is -0.459 e. The summed E-state index contributed by atoms with van der Waals surface area (Å²) in [5, 5.41) is 4.51. The van der Waals surface area contributed by atoms with Crippen molar-refractivity contribution in [3.8, 4) is 11.1 Å². The number of benzene rings is 3. The standard InChI is InChI=1S/C23H20FNO/c1-16-7-12-21-20(13-16)23(18-8-10-19(24)11-9-18)22(26-21)15-25-14-17-5-3-2-4-6-17/h2-13,25H,14-15H2,1H3. The number of hydrogen-bond acceptors (Lipinski definition) is 2. The molecule has 3 aromatic carbocycles. The predicted octanol–water partition coefficient (Wildman–Crippen LogP) is 5.84. The van der Waals surface area contributed by atoms with Crippen LogP contribution in [0.25, 0.3) is 22.1 Å². The van der Waals surface area contributed by atoms with Crippen LogP contribution < -0.4 is 5.32 Å². The van der Waals surface area contributed by atoms with Crippen molar-refractivity contribution in [2.75, 3.05) is 0 Å². The largest absolute Gasteiger partial charge is 0.459 e. The van der Waals surface area contributed by atoms with Gasteiger partial charge in [0.1, 0.15) is 17.2 Å². The Morgan fingerprint density at radius 3 is 2.42 bits per heavy atom. The maximum absolute atomic E-state index is 13.4. The normalized spacial score (nSPS) is 11.2. The van der Waals surface area contributed by atoms with Crippen molar-refractivity contribution in [3.63, 3.8) is 0 Å². The van der Waals surface area contributed by atoms with Crippen LogP contribution in [0.5, 0.6) is 0 Å². The SMILES string of the molecule is Cc1ccc2oc(CNCc3ccccc3)c(-c3ccc(F)cc3)c2c1. The molecule has 26 heavy (non-hydrogen) atoms. The first kappa shape index (κ1) is 16.6. The van der Waals surface area contributed by atoms with Crippen molar-refractivity contribution >= 4 is 11.0 Å². The molecule has 0 radical (unpaired) electrons. The highest BCUT2D eigenvalue weighted by Gasteiger charge is 2.16. The number of rotatable bonds is 5. The topological polar surface area (TPSA) is 25.2 Å². The minimum atomic E-state index is -0.235. The van der Waals surface area contributed by atoms with Crippen molar-refractivity contribution in [1.82, 2.24) is 5.32 Å². The zero-order chi connectivity index (χ0) is 17.9. The van der Waals surface area contributed by atoms with Crippen LogP contribution in [0.1, 0.15) is 16.9 Å². The second kappa shape index (κ2) is 7.14. The lowest BCUT2D eigenvalue weighted by Crippen LogP contribution is -2.12. The second-order valence-corrected chi connectivity index (χ2v) is 6.50. The van der Waals surface area contributed by atoms with Gasteiger partial charge in [-0.1, -0.05) is 54.1 Å². The fourth-order valence-electron chi connectivity index (χ4n) is 3.24. The zero-order valence-electron chi connectivity index (χ0n) is 14.6. The molecule has 0 spiro atoms. The van der Waals surface area contributed by atoms with Crippen LogP contribution in [0.4, 0.5) is 4.39 Å². The first-order chi connectivity index (χ1) is 12.7. The fourth-order valence-corrected chi connectivity index (χ4v) is 3.24. The molecule has 0 aliphatic heterocycles. The van der Waals surface area contributed by atoms with Crippen LogP contribution in [-0.4, -0.2) is 0 Å². The molecular weight excluding hydrogens is 325 g/mol. The van der Waals surface area contributed by atoms with E-state index in [-0.39, 0.29) is 5.82 Å². The molecule has 0 aliphatic carbocycles. The van der Waals surface area contributed by atoms with Crippen LogP contribution in [0, 0.1) is 12.7 Å². The van der Waals surface area contributed by atoms with E-state index in [0.29, 0.717) is 6.54 Å². The molecule has 0 unspecified atom stereocenters. The van der Waals surface area contributed by atoms with E-state index in [1.54, 1.807) is 0 Å². The van der Waals surface area contributed by atoms with E-state index < -0.39 is 0 Å². The molecule has 0 saturated carbocycles. The molecule has 0 fully saturated rings. The molecule has 2 nitrogen and oxygen atoms in total. The second-order valence-electron chi connectivity index (χ2n) is 6.50. The highest BCUT2D eigenvalue weighted by atomic mass is 19.1. The molecule has 1 heterocycles. The molecule has 1 aromatic heterocycles. The van der Waals surface area contributed by atoms with Gasteiger partial charge in [-0.05, 0) is 42.3 Å². The number of aryl methyl sites for hydroxylation is 1. The maximum Gasteiger partial charge on any atom is 0.135 e. The Kier molecular flexibility index (Phi) is 4.55. The third-order valence-corrected chi connectivity index (χ3v) is 4.51. The Morgan fingerprint density at radius 2 is 1.65 bits per heavy atom. The van der Waals surface area contributed by atoms with E-state index in [9.17, 15) is 4.39 Å². The smallest absolute Gasteiger partial charge is 0.135 e. The van der Waals surface area contributed by atoms with Crippen LogP contribution >= 0.6 is 0 Å². The third kappa shape index (κ3) is 3.39. The molecule has 0 aliphatic rings. The molecule has 4 aromatic rings. The Balaban J connectivity index is 1.69. The summed E-state index contributed by atoms with van der Waals surface area (Å²) < 4.78 is 19.5. The van der Waals surface area contributed by atoms with Gasteiger partial charge in [-0.3, -0.25) is 0 Å². The van der Waals surface area contributed by atoms with Gasteiger partial charge in [-0.2, -0.15) is 0 Å². The summed E-state index contributed by atoms with van der Waals surface area (Å²) in [6.45, 7) is 3.43. The van der Waals surface area contributed by atoms with Crippen molar-refractivity contribution in [1.29, 1.82) is 0 Å². The van der Waals surface area contributed by atoms with E-state index >= 15 is 0 Å². The monoisotopic (exact) mass is 345 g/mol. The number of nitrogens with one attached hydrogen (secondary N) is 1. The zero-order valence-corrected chi connectivity index (χ0v) is 14.6. The van der Waals surface area contributed by atoms with E-state index in [4.69, 9.17) is 4.42 Å². The highest BCUT2D eigenvalue weighted by molar-refractivity contribution is 5.96. The van der Waals surface area contributed by atoms with Crippen LogP contribution in [0.2, 0.25) is 0 Å². The van der Waals surface area contributed by atoms with Crippen molar-refractivity contribution in [3.05, 3.63) is 95.5 Å². The summed E-state index contributed by atoms with van der Waals surface area (Å²) >= 11 is 0. The summed E-state index contributed by atoms with van der Waals surface area (Å²) in [6.07, 6.45) is 0.